The predicted molar refractivity (Wildman–Crippen MR) is 106 cm³/mol. The van der Waals surface area contributed by atoms with Gasteiger partial charge < -0.3 is 19.9 Å². The van der Waals surface area contributed by atoms with Crippen molar-refractivity contribution in [3.8, 4) is 5.75 Å². The van der Waals surface area contributed by atoms with Gasteiger partial charge in [-0.25, -0.2) is 0 Å². The van der Waals surface area contributed by atoms with Crippen molar-refractivity contribution in [2.75, 3.05) is 4.90 Å². The SMILES string of the molecule is C=CCc1cc2c(c(CC=C)c1O)CCC(=O)N2Cc1ccc(C(=O)[O-])cc1.[Na+]. The Bertz CT molecular complexity index is 950. The molecule has 0 unspecified atom stereocenters. The topological polar surface area (TPSA) is 80.7 Å². The Morgan fingerprint density at radius 1 is 1.14 bits per heavy atom. The molecule has 0 aliphatic carbocycles. The summed E-state index contributed by atoms with van der Waals surface area (Å²) in [6, 6.07) is 8.17. The molecule has 1 amide bonds. The predicted octanol–water partition coefficient (Wildman–Crippen LogP) is -0.304. The second-order valence-corrected chi connectivity index (χ2v) is 6.81. The Hall–Kier alpha value is -2.34. The Morgan fingerprint density at radius 2 is 1.79 bits per heavy atom. The average Bonchev–Trinajstić information content (AvgIpc) is 2.68. The minimum absolute atomic E-state index is 0. The fourth-order valence-corrected chi connectivity index (χ4v) is 3.61. The molecule has 0 saturated carbocycles. The molecular weight excluding hydrogens is 377 g/mol. The largest absolute Gasteiger partial charge is 1.00 e. The summed E-state index contributed by atoms with van der Waals surface area (Å²) in [4.78, 5) is 25.3. The van der Waals surface area contributed by atoms with Gasteiger partial charge in [-0.05, 0) is 47.6 Å². The van der Waals surface area contributed by atoms with Gasteiger partial charge in [0.1, 0.15) is 5.75 Å². The molecule has 0 aromatic heterocycles. The van der Waals surface area contributed by atoms with E-state index < -0.39 is 5.97 Å². The number of aromatic carboxylic acids is 1. The number of benzene rings is 2. The van der Waals surface area contributed by atoms with Crippen molar-refractivity contribution in [3.63, 3.8) is 0 Å². The third-order valence-electron chi connectivity index (χ3n) is 5.00. The van der Waals surface area contributed by atoms with Crippen LogP contribution in [0.3, 0.4) is 0 Å². The van der Waals surface area contributed by atoms with E-state index in [2.05, 4.69) is 13.2 Å². The Balaban J connectivity index is 0.00000300. The normalized spacial score (nSPS) is 12.7. The molecule has 1 heterocycles. The van der Waals surface area contributed by atoms with E-state index in [9.17, 15) is 19.8 Å². The molecule has 29 heavy (non-hydrogen) atoms. The number of allylic oxidation sites excluding steroid dienone is 2. The van der Waals surface area contributed by atoms with Crippen molar-refractivity contribution in [1.82, 2.24) is 0 Å². The molecule has 0 bridgehead atoms. The van der Waals surface area contributed by atoms with Crippen molar-refractivity contribution < 1.29 is 49.4 Å². The molecule has 2 aromatic carbocycles. The van der Waals surface area contributed by atoms with Gasteiger partial charge in [0.2, 0.25) is 5.91 Å². The first-order valence-corrected chi connectivity index (χ1v) is 9.15. The fraction of sp³-hybridized carbons (Fsp3) is 0.217. The van der Waals surface area contributed by atoms with Crippen LogP contribution < -0.4 is 39.6 Å². The van der Waals surface area contributed by atoms with Gasteiger partial charge in [0.25, 0.3) is 0 Å². The molecule has 0 saturated heterocycles. The molecule has 0 radical (unpaired) electrons. The van der Waals surface area contributed by atoms with Gasteiger partial charge in [0.05, 0.1) is 12.5 Å². The minimum atomic E-state index is -1.23. The van der Waals surface area contributed by atoms with E-state index in [0.717, 1.165) is 27.9 Å². The van der Waals surface area contributed by atoms with Crippen LogP contribution in [0.15, 0.2) is 55.6 Å². The first kappa shape index (κ1) is 22.9. The maximum atomic E-state index is 12.7. The number of amides is 1. The van der Waals surface area contributed by atoms with Crippen LogP contribution in [0.5, 0.6) is 5.75 Å². The number of fused-ring (bicyclic) bond motifs is 1. The van der Waals surface area contributed by atoms with Crippen LogP contribution in [-0.2, 0) is 30.6 Å². The summed E-state index contributed by atoms with van der Waals surface area (Å²) >= 11 is 0. The summed E-state index contributed by atoms with van der Waals surface area (Å²) in [5, 5.41) is 21.6. The fourth-order valence-electron chi connectivity index (χ4n) is 3.61. The number of carboxylic acids is 1. The van der Waals surface area contributed by atoms with Gasteiger partial charge >= 0.3 is 29.6 Å². The molecule has 1 N–H and O–H groups in total. The van der Waals surface area contributed by atoms with E-state index in [4.69, 9.17) is 0 Å². The third kappa shape index (κ3) is 4.81. The summed E-state index contributed by atoms with van der Waals surface area (Å²) in [6.07, 6.45) is 5.39. The van der Waals surface area contributed by atoms with Gasteiger partial charge in [-0.15, -0.1) is 13.2 Å². The van der Waals surface area contributed by atoms with Gasteiger partial charge in [-0.3, -0.25) is 4.79 Å². The molecular formula is C23H22NNaO4. The van der Waals surface area contributed by atoms with E-state index in [-0.39, 0.29) is 46.8 Å². The molecule has 1 aliphatic heterocycles. The molecule has 1 aliphatic rings. The third-order valence-corrected chi connectivity index (χ3v) is 5.00. The first-order chi connectivity index (χ1) is 13.5. The van der Waals surface area contributed by atoms with Crippen LogP contribution in [-0.4, -0.2) is 17.0 Å². The average molecular weight is 399 g/mol. The first-order valence-electron chi connectivity index (χ1n) is 9.15. The second-order valence-electron chi connectivity index (χ2n) is 6.81. The van der Waals surface area contributed by atoms with Gasteiger partial charge in [0.15, 0.2) is 0 Å². The molecule has 0 spiro atoms. The van der Waals surface area contributed by atoms with E-state index in [1.807, 2.05) is 6.07 Å². The number of hydrogen-bond donors (Lipinski definition) is 1. The van der Waals surface area contributed by atoms with Crippen molar-refractivity contribution in [2.45, 2.75) is 32.2 Å². The van der Waals surface area contributed by atoms with Crippen molar-refractivity contribution in [3.05, 3.63) is 83.5 Å². The maximum absolute atomic E-state index is 12.7. The van der Waals surface area contributed by atoms with Crippen molar-refractivity contribution in [2.24, 2.45) is 0 Å². The Kier molecular flexibility index (Phi) is 7.85. The van der Waals surface area contributed by atoms with E-state index in [1.54, 1.807) is 29.2 Å². The molecule has 6 heteroatoms. The standard InChI is InChI=1S/C23H23NO4.Na/c1-3-5-17-13-20-18(19(6-4-2)22(17)26)11-12-21(25)24(20)14-15-7-9-16(10-8-15)23(27)28;/h3-4,7-10,13,26H,1-2,5-6,11-12,14H2,(H,27,28);/q;+1/p-1. The van der Waals surface area contributed by atoms with Crippen LogP contribution in [0.1, 0.15) is 39.0 Å². The zero-order chi connectivity index (χ0) is 20.3. The number of hydrogen-bond acceptors (Lipinski definition) is 4. The number of anilines is 1. The molecule has 0 atom stereocenters. The van der Waals surface area contributed by atoms with Crippen LogP contribution in [0.25, 0.3) is 0 Å². The zero-order valence-electron chi connectivity index (χ0n) is 16.6. The maximum Gasteiger partial charge on any atom is 1.00 e. The summed E-state index contributed by atoms with van der Waals surface area (Å²) in [5.41, 5.74) is 4.17. The van der Waals surface area contributed by atoms with E-state index >= 15 is 0 Å². The molecule has 144 valence electrons. The summed E-state index contributed by atoms with van der Waals surface area (Å²) < 4.78 is 0. The van der Waals surface area contributed by atoms with Crippen LogP contribution >= 0.6 is 0 Å². The summed E-state index contributed by atoms with van der Waals surface area (Å²) in [5.74, 6) is -0.994. The summed E-state index contributed by atoms with van der Waals surface area (Å²) in [7, 11) is 0. The molecule has 0 fully saturated rings. The number of carboxylic acid groups (broad SMARTS) is 1. The summed E-state index contributed by atoms with van der Waals surface area (Å²) in [6.45, 7) is 7.85. The van der Waals surface area contributed by atoms with Gasteiger partial charge in [-0.2, -0.15) is 0 Å². The van der Waals surface area contributed by atoms with Crippen molar-refractivity contribution in [1.29, 1.82) is 0 Å². The molecule has 2 aromatic rings. The molecule has 5 nitrogen and oxygen atoms in total. The minimum Gasteiger partial charge on any atom is -0.545 e. The van der Waals surface area contributed by atoms with Crippen molar-refractivity contribution >= 4 is 17.6 Å². The zero-order valence-corrected chi connectivity index (χ0v) is 18.6. The number of rotatable bonds is 7. The second kappa shape index (κ2) is 9.92. The number of carbonyl (C=O) groups excluding carboxylic acids is 2. The van der Waals surface area contributed by atoms with Crippen LogP contribution in [0.2, 0.25) is 0 Å². The smallest absolute Gasteiger partial charge is 0.545 e. The van der Waals surface area contributed by atoms with Gasteiger partial charge in [-0.1, -0.05) is 36.4 Å². The van der Waals surface area contributed by atoms with E-state index in [1.165, 1.54) is 12.1 Å². The quantitative estimate of drug-likeness (QED) is 0.512. The number of nitrogens with zero attached hydrogens (tertiary/aromatic N) is 1. The monoisotopic (exact) mass is 399 g/mol. The van der Waals surface area contributed by atoms with Gasteiger partial charge in [0, 0.05) is 17.7 Å². The number of phenols is 1. The van der Waals surface area contributed by atoms with E-state index in [0.29, 0.717) is 32.2 Å². The number of aromatic hydroxyl groups is 1. The number of phenolic OH excluding ortho intramolecular Hbond substituents is 1. The molecule has 3 rings (SSSR count). The Labute approximate surface area is 192 Å². The van der Waals surface area contributed by atoms with Crippen LogP contribution in [0, 0.1) is 0 Å². The Morgan fingerprint density at radius 3 is 2.38 bits per heavy atom. The van der Waals surface area contributed by atoms with Crippen LogP contribution in [0.4, 0.5) is 5.69 Å². The number of carbonyl (C=O) groups is 2.